The first-order chi connectivity index (χ1) is 11.6. The number of carbonyl (C=O) groups excluding carboxylic acids is 2. The van der Waals surface area contributed by atoms with Crippen molar-refractivity contribution in [2.24, 2.45) is 46.8 Å². The van der Waals surface area contributed by atoms with Gasteiger partial charge in [-0.3, -0.25) is 4.79 Å². The van der Waals surface area contributed by atoms with Gasteiger partial charge in [0.15, 0.2) is 0 Å². The van der Waals surface area contributed by atoms with Crippen molar-refractivity contribution in [1.29, 1.82) is 4.78 Å². The number of hydrogen-bond acceptors (Lipinski definition) is 6. The van der Waals surface area contributed by atoms with E-state index in [1.165, 1.54) is 20.6 Å². The number of methoxy groups -OCH3 is 2. The summed E-state index contributed by atoms with van der Waals surface area (Å²) in [5, 5.41) is 0. The van der Waals surface area contributed by atoms with E-state index < -0.39 is 0 Å². The third-order valence-corrected chi connectivity index (χ3v) is 7.08. The van der Waals surface area contributed by atoms with E-state index in [1.807, 2.05) is 6.08 Å². The van der Waals surface area contributed by atoms with Crippen LogP contribution in [0.4, 0.5) is 0 Å². The zero-order valence-electron chi connectivity index (χ0n) is 13.7. The predicted molar refractivity (Wildman–Crippen MR) is 87.4 cm³/mol. The summed E-state index contributed by atoms with van der Waals surface area (Å²) in [4.78, 5) is 22.5. The predicted octanol–water partition coefficient (Wildman–Crippen LogP) is 2.26. The van der Waals surface area contributed by atoms with Crippen LogP contribution in [-0.2, 0) is 31.5 Å². The highest BCUT2D eigenvalue weighted by atomic mass is 32.1. The Kier molecular flexibility index (Phi) is 3.46. The first kappa shape index (κ1) is 15.9. The van der Waals surface area contributed by atoms with Crippen molar-refractivity contribution in [3.63, 3.8) is 0 Å². The van der Waals surface area contributed by atoms with Crippen LogP contribution in [0, 0.1) is 51.6 Å². The van der Waals surface area contributed by atoms with Gasteiger partial charge in [0.2, 0.25) is 0 Å². The molecule has 24 heavy (non-hydrogen) atoms. The molecule has 5 saturated carbocycles. The second kappa shape index (κ2) is 5.22. The van der Waals surface area contributed by atoms with Crippen LogP contribution in [0.3, 0.4) is 0 Å². The molecule has 0 aromatic rings. The lowest BCUT2D eigenvalue weighted by Crippen LogP contribution is -2.29. The molecule has 7 rings (SSSR count). The van der Waals surface area contributed by atoms with Gasteiger partial charge in [-0.25, -0.2) is 9.57 Å². The minimum atomic E-state index is -0.165. The molecule has 0 amide bonds. The van der Waals surface area contributed by atoms with E-state index in [0.717, 1.165) is 41.6 Å². The fraction of sp³-hybridized carbons (Fsp3) is 0.667. The Bertz CT molecular complexity index is 653. The summed E-state index contributed by atoms with van der Waals surface area (Å²) in [7, 11) is 2.96. The topological polar surface area (TPSA) is 76.5 Å². The van der Waals surface area contributed by atoms with Crippen LogP contribution in [0.15, 0.2) is 23.8 Å². The Morgan fingerprint density at radius 3 is 2.29 bits per heavy atom. The molecule has 0 aliphatic heterocycles. The monoisotopic (exact) mass is 347 g/mol. The maximum atomic E-state index is 11.4. The number of carbonyl (C=O) groups is 2. The van der Waals surface area contributed by atoms with E-state index in [-0.39, 0.29) is 17.4 Å². The van der Waals surface area contributed by atoms with Crippen molar-refractivity contribution in [3.05, 3.63) is 23.8 Å². The molecule has 7 aliphatic rings. The SMILES string of the molecule is COC(=O)C12C3CC4C(C41)C32.COC(=O)C1=CC2C=CC1C2.N=S. The fourth-order valence-corrected chi connectivity index (χ4v) is 6.32. The van der Waals surface area contributed by atoms with Crippen LogP contribution in [0.2, 0.25) is 0 Å². The van der Waals surface area contributed by atoms with Crippen molar-refractivity contribution in [2.75, 3.05) is 14.2 Å². The smallest absolute Gasteiger partial charge is 0.334 e. The zero-order valence-corrected chi connectivity index (χ0v) is 14.5. The van der Waals surface area contributed by atoms with Gasteiger partial charge in [0, 0.05) is 23.9 Å². The summed E-state index contributed by atoms with van der Waals surface area (Å²) in [6, 6.07) is 0. The first-order valence-corrected chi connectivity index (χ1v) is 8.82. The second-order valence-corrected chi connectivity index (χ2v) is 7.56. The zero-order chi connectivity index (χ0) is 17.2. The van der Waals surface area contributed by atoms with Crippen LogP contribution in [0.5, 0.6) is 0 Å². The molecule has 4 bridgehead atoms. The molecule has 5 nitrogen and oxygen atoms in total. The van der Waals surface area contributed by atoms with Gasteiger partial charge in [0.05, 0.1) is 19.6 Å². The Balaban J connectivity index is 0.000000110. The van der Waals surface area contributed by atoms with E-state index in [0.29, 0.717) is 11.8 Å². The van der Waals surface area contributed by atoms with Crippen molar-refractivity contribution in [3.8, 4) is 0 Å². The van der Waals surface area contributed by atoms with E-state index in [1.54, 1.807) is 0 Å². The summed E-state index contributed by atoms with van der Waals surface area (Å²) in [6.45, 7) is 0. The molecular weight excluding hydrogens is 326 g/mol. The summed E-state index contributed by atoms with van der Waals surface area (Å²) in [5.74, 6) is 5.02. The fourth-order valence-electron chi connectivity index (χ4n) is 6.32. The molecule has 0 aromatic carbocycles. The van der Waals surface area contributed by atoms with E-state index in [2.05, 4.69) is 29.3 Å². The number of ether oxygens (including phenoxy) is 2. The highest BCUT2D eigenvalue weighted by molar-refractivity contribution is 7.45. The third-order valence-electron chi connectivity index (χ3n) is 7.08. The number of fused-ring (bicyclic) bond motifs is 2. The van der Waals surface area contributed by atoms with E-state index >= 15 is 0 Å². The molecule has 5 fully saturated rings. The van der Waals surface area contributed by atoms with Gasteiger partial charge in [0.1, 0.15) is 0 Å². The Hall–Kier alpha value is -1.56. The van der Waals surface area contributed by atoms with Gasteiger partial charge in [-0.05, 0) is 48.3 Å². The lowest BCUT2D eigenvalue weighted by atomic mass is 9.85. The third kappa shape index (κ3) is 1.70. The molecule has 8 unspecified atom stereocenters. The van der Waals surface area contributed by atoms with E-state index in [9.17, 15) is 9.59 Å². The Morgan fingerprint density at radius 2 is 1.92 bits per heavy atom. The van der Waals surface area contributed by atoms with Gasteiger partial charge in [-0.2, -0.15) is 0 Å². The first-order valence-electron chi connectivity index (χ1n) is 8.41. The van der Waals surface area contributed by atoms with Gasteiger partial charge >= 0.3 is 11.9 Å². The van der Waals surface area contributed by atoms with Crippen LogP contribution in [-0.4, -0.2) is 26.2 Å². The second-order valence-electron chi connectivity index (χ2n) is 7.56. The maximum Gasteiger partial charge on any atom is 0.334 e. The van der Waals surface area contributed by atoms with Crippen LogP contribution < -0.4 is 0 Å². The highest BCUT2D eigenvalue weighted by Crippen LogP contribution is 2.98. The largest absolute Gasteiger partial charge is 0.469 e. The number of allylic oxidation sites excluding steroid dienone is 3. The minimum Gasteiger partial charge on any atom is -0.469 e. The van der Waals surface area contributed by atoms with E-state index in [4.69, 9.17) is 9.52 Å². The van der Waals surface area contributed by atoms with Gasteiger partial charge < -0.3 is 9.47 Å². The number of esters is 2. The van der Waals surface area contributed by atoms with Gasteiger partial charge in [-0.1, -0.05) is 18.2 Å². The highest BCUT2D eigenvalue weighted by Gasteiger charge is 2.99. The quantitative estimate of drug-likeness (QED) is 0.612. The summed E-state index contributed by atoms with van der Waals surface area (Å²) in [5.41, 5.74) is 0.948. The van der Waals surface area contributed by atoms with Crippen molar-refractivity contribution in [1.82, 2.24) is 0 Å². The van der Waals surface area contributed by atoms with Crippen molar-refractivity contribution in [2.45, 2.75) is 12.8 Å². The van der Waals surface area contributed by atoms with Crippen molar-refractivity contribution >= 4 is 24.4 Å². The molecule has 0 heterocycles. The Morgan fingerprint density at radius 1 is 1.17 bits per heavy atom. The molecule has 0 aromatic heterocycles. The van der Waals surface area contributed by atoms with Crippen LogP contribution in [0.25, 0.3) is 0 Å². The maximum absolute atomic E-state index is 11.4. The normalized spacial score (nSPS) is 47.8. The van der Waals surface area contributed by atoms with Gasteiger partial charge in [0.25, 0.3) is 0 Å². The average molecular weight is 347 g/mol. The Labute approximate surface area is 146 Å². The summed E-state index contributed by atoms with van der Waals surface area (Å²) >= 11 is 3.33. The molecule has 0 saturated heterocycles. The van der Waals surface area contributed by atoms with Crippen LogP contribution in [0.1, 0.15) is 12.8 Å². The lowest BCUT2D eigenvalue weighted by molar-refractivity contribution is -0.151. The number of nitrogens with one attached hydrogen (secondary N) is 1. The molecule has 0 spiro atoms. The summed E-state index contributed by atoms with van der Waals surface area (Å²) < 4.78 is 14.8. The molecular formula is C18H21NO4S. The summed E-state index contributed by atoms with van der Waals surface area (Å²) in [6.07, 6.45) is 8.67. The number of rotatable bonds is 2. The average Bonchev–Trinajstić information content (AvgIpc) is 3.08. The molecule has 0 radical (unpaired) electrons. The van der Waals surface area contributed by atoms with Crippen LogP contribution >= 0.6 is 0 Å². The molecule has 1 N–H and O–H groups in total. The molecule has 128 valence electrons. The minimum absolute atomic E-state index is 0.101. The molecule has 8 atom stereocenters. The number of hydrogen-bond donors (Lipinski definition) is 1. The molecule has 6 heteroatoms. The van der Waals surface area contributed by atoms with Crippen molar-refractivity contribution < 1.29 is 19.1 Å². The standard InChI is InChI=1S/2C9H10O2.HNS/c1-11-8(10)9-4-2-3-5(6(3)9)7(4)9;1-11-9(10)8-5-6-2-3-7(8)4-6;1-2/h3-7H,2H2,1H3;2-3,5-7H,4H2,1H3;1H. The lowest BCUT2D eigenvalue weighted by Gasteiger charge is -2.21. The van der Waals surface area contributed by atoms with Gasteiger partial charge in [-0.15, -0.1) is 0 Å². The molecule has 7 aliphatic carbocycles.